The molecule has 1 heterocycles. The van der Waals surface area contributed by atoms with Gasteiger partial charge in [0.15, 0.2) is 5.69 Å². The first-order valence-electron chi connectivity index (χ1n) is 4.38. The summed E-state index contributed by atoms with van der Waals surface area (Å²) in [5.41, 5.74) is 4.15. The number of ether oxygens (including phenoxy) is 1. The van der Waals surface area contributed by atoms with E-state index >= 15 is 0 Å². The zero-order valence-corrected chi connectivity index (χ0v) is 9.92. The molecule has 0 spiro atoms. The van der Waals surface area contributed by atoms with Crippen LogP contribution in [-0.2, 0) is 4.74 Å². The number of carbonyl (C=O) groups excluding carboxylic acids is 1. The van der Waals surface area contributed by atoms with Crippen molar-refractivity contribution in [2.24, 2.45) is 0 Å². The van der Waals surface area contributed by atoms with E-state index in [4.69, 9.17) is 5.73 Å². The topological polar surface area (TPSA) is 65.2 Å². The summed E-state index contributed by atoms with van der Waals surface area (Å²) < 4.78 is 30.2. The third-order valence-electron chi connectivity index (χ3n) is 1.75. The summed E-state index contributed by atoms with van der Waals surface area (Å²) in [7, 11) is 0. The molecular formula is C9H9BrF2N2O2. The van der Waals surface area contributed by atoms with Crippen molar-refractivity contribution in [3.63, 3.8) is 0 Å². The van der Waals surface area contributed by atoms with Crippen molar-refractivity contribution in [1.29, 1.82) is 0 Å². The SMILES string of the molecule is CCOC(=O)c1nc(Br)cc(N)c1C(F)F. The van der Waals surface area contributed by atoms with Crippen LogP contribution in [0.5, 0.6) is 0 Å². The van der Waals surface area contributed by atoms with Crippen molar-refractivity contribution in [1.82, 2.24) is 4.98 Å². The molecule has 0 amide bonds. The quantitative estimate of drug-likeness (QED) is 0.687. The predicted octanol–water partition coefficient (Wildman–Crippen LogP) is 2.54. The lowest BCUT2D eigenvalue weighted by atomic mass is 10.1. The number of rotatable bonds is 3. The second-order valence-electron chi connectivity index (χ2n) is 2.82. The van der Waals surface area contributed by atoms with E-state index in [1.54, 1.807) is 6.92 Å². The fourth-order valence-electron chi connectivity index (χ4n) is 1.13. The van der Waals surface area contributed by atoms with Gasteiger partial charge in [-0.25, -0.2) is 18.6 Å². The molecule has 0 aromatic carbocycles. The van der Waals surface area contributed by atoms with Crippen LogP contribution < -0.4 is 5.73 Å². The molecule has 0 aliphatic heterocycles. The summed E-state index contributed by atoms with van der Waals surface area (Å²) in [6, 6.07) is 1.21. The fourth-order valence-corrected chi connectivity index (χ4v) is 1.55. The van der Waals surface area contributed by atoms with Crippen LogP contribution in [0.4, 0.5) is 14.5 Å². The van der Waals surface area contributed by atoms with Gasteiger partial charge in [-0.1, -0.05) is 0 Å². The molecule has 0 aliphatic carbocycles. The van der Waals surface area contributed by atoms with Crippen molar-refractivity contribution < 1.29 is 18.3 Å². The Balaban J connectivity index is 3.29. The van der Waals surface area contributed by atoms with Crippen LogP contribution in [0.1, 0.15) is 29.4 Å². The minimum atomic E-state index is -2.87. The molecular weight excluding hydrogens is 286 g/mol. The first-order chi connectivity index (χ1) is 7.47. The van der Waals surface area contributed by atoms with Crippen LogP contribution in [0.25, 0.3) is 0 Å². The average Bonchev–Trinajstić information content (AvgIpc) is 2.15. The third-order valence-corrected chi connectivity index (χ3v) is 2.15. The summed E-state index contributed by atoms with van der Waals surface area (Å²) in [6.07, 6.45) is -2.87. The molecule has 0 fully saturated rings. The predicted molar refractivity (Wildman–Crippen MR) is 57.3 cm³/mol. The highest BCUT2D eigenvalue weighted by atomic mass is 79.9. The number of anilines is 1. The lowest BCUT2D eigenvalue weighted by Crippen LogP contribution is -2.13. The van der Waals surface area contributed by atoms with Gasteiger partial charge in [-0.2, -0.15) is 0 Å². The molecule has 1 aromatic heterocycles. The molecule has 0 atom stereocenters. The Morgan fingerprint density at radius 1 is 1.69 bits per heavy atom. The van der Waals surface area contributed by atoms with Gasteiger partial charge in [-0.3, -0.25) is 0 Å². The number of halogens is 3. The van der Waals surface area contributed by atoms with Crippen molar-refractivity contribution >= 4 is 27.6 Å². The Labute approximate surface area is 98.9 Å². The van der Waals surface area contributed by atoms with Crippen molar-refractivity contribution in [2.45, 2.75) is 13.3 Å². The van der Waals surface area contributed by atoms with E-state index in [-0.39, 0.29) is 16.9 Å². The number of hydrogen-bond donors (Lipinski definition) is 1. The fraction of sp³-hybridized carbons (Fsp3) is 0.333. The van der Waals surface area contributed by atoms with Crippen molar-refractivity contribution in [2.75, 3.05) is 12.3 Å². The monoisotopic (exact) mass is 294 g/mol. The van der Waals surface area contributed by atoms with E-state index in [2.05, 4.69) is 25.7 Å². The van der Waals surface area contributed by atoms with Gasteiger partial charge < -0.3 is 10.5 Å². The Bertz CT molecular complexity index is 413. The van der Waals surface area contributed by atoms with Gasteiger partial charge in [-0.05, 0) is 28.9 Å². The highest BCUT2D eigenvalue weighted by Crippen LogP contribution is 2.30. The molecule has 0 saturated carbocycles. The Hall–Kier alpha value is -1.24. The number of esters is 1. The lowest BCUT2D eigenvalue weighted by molar-refractivity contribution is 0.0507. The van der Waals surface area contributed by atoms with Gasteiger partial charge in [0.05, 0.1) is 12.2 Å². The van der Waals surface area contributed by atoms with Gasteiger partial charge in [0, 0.05) is 5.69 Å². The normalized spacial score (nSPS) is 10.6. The Kier molecular flexibility index (Phi) is 4.17. The first-order valence-corrected chi connectivity index (χ1v) is 5.17. The minimum Gasteiger partial charge on any atom is -0.461 e. The Morgan fingerprint density at radius 2 is 2.31 bits per heavy atom. The molecule has 16 heavy (non-hydrogen) atoms. The number of hydrogen-bond acceptors (Lipinski definition) is 4. The molecule has 4 nitrogen and oxygen atoms in total. The molecule has 0 unspecified atom stereocenters. The van der Waals surface area contributed by atoms with E-state index in [1.807, 2.05) is 0 Å². The van der Waals surface area contributed by atoms with Gasteiger partial charge in [0.25, 0.3) is 6.43 Å². The molecule has 0 radical (unpaired) electrons. The first kappa shape index (κ1) is 12.8. The van der Waals surface area contributed by atoms with Crippen molar-refractivity contribution in [3.8, 4) is 0 Å². The van der Waals surface area contributed by atoms with E-state index in [9.17, 15) is 13.6 Å². The Morgan fingerprint density at radius 3 is 2.81 bits per heavy atom. The molecule has 2 N–H and O–H groups in total. The molecule has 0 bridgehead atoms. The molecule has 0 saturated heterocycles. The zero-order chi connectivity index (χ0) is 12.3. The summed E-state index contributed by atoms with van der Waals surface area (Å²) >= 11 is 2.97. The van der Waals surface area contributed by atoms with Gasteiger partial charge in [0.1, 0.15) is 4.60 Å². The van der Waals surface area contributed by atoms with Crippen LogP contribution in [0.15, 0.2) is 10.7 Å². The highest BCUT2D eigenvalue weighted by Gasteiger charge is 2.24. The van der Waals surface area contributed by atoms with Crippen LogP contribution in [-0.4, -0.2) is 17.6 Å². The largest absolute Gasteiger partial charge is 0.461 e. The highest BCUT2D eigenvalue weighted by molar-refractivity contribution is 9.10. The smallest absolute Gasteiger partial charge is 0.357 e. The van der Waals surface area contributed by atoms with Crippen LogP contribution in [0.2, 0.25) is 0 Å². The second-order valence-corrected chi connectivity index (χ2v) is 3.63. The number of nitrogens with two attached hydrogens (primary N) is 1. The minimum absolute atomic E-state index is 0.0790. The molecule has 7 heteroatoms. The summed E-state index contributed by atoms with van der Waals surface area (Å²) in [6.45, 7) is 1.65. The summed E-state index contributed by atoms with van der Waals surface area (Å²) in [4.78, 5) is 15.0. The third kappa shape index (κ3) is 2.66. The molecule has 1 rings (SSSR count). The maximum absolute atomic E-state index is 12.7. The zero-order valence-electron chi connectivity index (χ0n) is 8.34. The standard InChI is InChI=1S/C9H9BrF2N2O2/c1-2-16-9(15)7-6(8(11)12)4(13)3-5(10)14-7/h3,8H,2H2,1H3,(H2,13,14). The maximum Gasteiger partial charge on any atom is 0.357 e. The van der Waals surface area contributed by atoms with Crippen LogP contribution >= 0.6 is 15.9 Å². The summed E-state index contributed by atoms with van der Waals surface area (Å²) in [5.74, 6) is -0.911. The molecule has 1 aromatic rings. The van der Waals surface area contributed by atoms with Crippen LogP contribution in [0, 0.1) is 0 Å². The van der Waals surface area contributed by atoms with E-state index in [1.165, 1.54) is 6.07 Å². The van der Waals surface area contributed by atoms with Crippen molar-refractivity contribution in [3.05, 3.63) is 21.9 Å². The lowest BCUT2D eigenvalue weighted by Gasteiger charge is -2.10. The molecule has 88 valence electrons. The number of carbonyl (C=O) groups is 1. The van der Waals surface area contributed by atoms with E-state index in [0.29, 0.717) is 0 Å². The average molecular weight is 295 g/mol. The number of aromatic nitrogens is 1. The van der Waals surface area contributed by atoms with Crippen LogP contribution in [0.3, 0.4) is 0 Å². The molecule has 0 aliphatic rings. The second kappa shape index (κ2) is 5.20. The number of nitrogen functional groups attached to an aromatic ring is 1. The number of nitrogens with zero attached hydrogens (tertiary/aromatic N) is 1. The van der Waals surface area contributed by atoms with E-state index in [0.717, 1.165) is 0 Å². The summed E-state index contributed by atoms with van der Waals surface area (Å²) in [5, 5.41) is 0. The van der Waals surface area contributed by atoms with Gasteiger partial charge in [-0.15, -0.1) is 0 Å². The maximum atomic E-state index is 12.7. The number of pyridine rings is 1. The van der Waals surface area contributed by atoms with Gasteiger partial charge in [0.2, 0.25) is 0 Å². The van der Waals surface area contributed by atoms with Gasteiger partial charge >= 0.3 is 5.97 Å². The van der Waals surface area contributed by atoms with E-state index < -0.39 is 23.7 Å². The number of alkyl halides is 2.